The van der Waals surface area contributed by atoms with E-state index in [9.17, 15) is 18.3 Å². The molecule has 8 nitrogen and oxygen atoms in total. The summed E-state index contributed by atoms with van der Waals surface area (Å²) >= 11 is 5.97. The lowest BCUT2D eigenvalue weighted by Crippen LogP contribution is -2.37. The Kier molecular flexibility index (Phi) is 3.38. The number of sulfonamides is 1. The summed E-state index contributed by atoms with van der Waals surface area (Å²) in [6, 6.07) is 2.77. The molecule has 2 heterocycles. The van der Waals surface area contributed by atoms with E-state index in [-0.39, 0.29) is 40.0 Å². The molecule has 1 N–H and O–H groups in total. The summed E-state index contributed by atoms with van der Waals surface area (Å²) in [6.07, 6.45) is 2.03. The van der Waals surface area contributed by atoms with E-state index >= 15 is 0 Å². The van der Waals surface area contributed by atoms with Crippen molar-refractivity contribution in [1.29, 1.82) is 0 Å². The van der Waals surface area contributed by atoms with Crippen LogP contribution in [-0.2, 0) is 14.8 Å². The minimum Gasteiger partial charge on any atom is -0.481 e. The second-order valence-electron chi connectivity index (χ2n) is 6.35. The Balaban J connectivity index is 1.78. The molecule has 0 radical (unpaired) electrons. The van der Waals surface area contributed by atoms with E-state index in [0.717, 1.165) is 12.8 Å². The second-order valence-corrected chi connectivity index (χ2v) is 8.67. The van der Waals surface area contributed by atoms with Crippen LogP contribution in [-0.4, -0.2) is 47.2 Å². The Morgan fingerprint density at radius 2 is 2.12 bits per heavy atom. The van der Waals surface area contributed by atoms with Gasteiger partial charge in [-0.3, -0.25) is 4.79 Å². The quantitative estimate of drug-likeness (QED) is 0.874. The van der Waals surface area contributed by atoms with Gasteiger partial charge in [0.25, 0.3) is 0 Å². The molecule has 1 aromatic carbocycles. The lowest BCUT2D eigenvalue weighted by Gasteiger charge is -2.23. The number of carboxylic acids is 1. The van der Waals surface area contributed by atoms with Crippen molar-refractivity contribution in [2.45, 2.75) is 24.2 Å². The van der Waals surface area contributed by atoms with Crippen LogP contribution < -0.4 is 0 Å². The molecule has 2 aromatic rings. The molecule has 0 bridgehead atoms. The summed E-state index contributed by atoms with van der Waals surface area (Å²) < 4.78 is 31.9. The number of hydrogen-bond donors (Lipinski definition) is 1. The molecule has 1 saturated heterocycles. The van der Waals surface area contributed by atoms with Crippen molar-refractivity contribution in [2.75, 3.05) is 13.1 Å². The first kappa shape index (κ1) is 15.8. The van der Waals surface area contributed by atoms with Crippen LogP contribution in [0.1, 0.15) is 19.3 Å². The van der Waals surface area contributed by atoms with Crippen molar-refractivity contribution in [3.63, 3.8) is 0 Å². The fourth-order valence-electron chi connectivity index (χ4n) is 3.94. The number of rotatable bonds is 3. The van der Waals surface area contributed by atoms with Gasteiger partial charge in [0.2, 0.25) is 10.0 Å². The van der Waals surface area contributed by atoms with Gasteiger partial charge >= 0.3 is 5.97 Å². The van der Waals surface area contributed by atoms with Gasteiger partial charge in [-0.05, 0) is 41.2 Å². The van der Waals surface area contributed by atoms with Gasteiger partial charge in [0.05, 0.1) is 10.4 Å². The first-order chi connectivity index (χ1) is 11.4. The van der Waals surface area contributed by atoms with Gasteiger partial charge < -0.3 is 5.11 Å². The molecule has 24 heavy (non-hydrogen) atoms. The normalized spacial score (nSPS) is 27.6. The maximum Gasteiger partial charge on any atom is 0.311 e. The lowest BCUT2D eigenvalue weighted by atomic mass is 9.81. The van der Waals surface area contributed by atoms with E-state index in [0.29, 0.717) is 6.42 Å². The largest absolute Gasteiger partial charge is 0.481 e. The highest BCUT2D eigenvalue weighted by Gasteiger charge is 2.57. The number of halogens is 1. The summed E-state index contributed by atoms with van der Waals surface area (Å²) in [5.41, 5.74) is -0.755. The van der Waals surface area contributed by atoms with Gasteiger partial charge in [0, 0.05) is 13.1 Å². The molecular formula is C14H14ClN3O5S. The monoisotopic (exact) mass is 371 g/mol. The van der Waals surface area contributed by atoms with E-state index in [1.165, 1.54) is 16.4 Å². The van der Waals surface area contributed by atoms with Crippen LogP contribution in [0.3, 0.4) is 0 Å². The van der Waals surface area contributed by atoms with E-state index < -0.39 is 21.4 Å². The van der Waals surface area contributed by atoms with Gasteiger partial charge in [0.1, 0.15) is 4.90 Å². The summed E-state index contributed by atoms with van der Waals surface area (Å²) in [5, 5.41) is 17.1. The molecule has 4 rings (SSSR count). The Morgan fingerprint density at radius 1 is 1.38 bits per heavy atom. The van der Waals surface area contributed by atoms with E-state index in [1.54, 1.807) is 0 Å². The first-order valence-electron chi connectivity index (χ1n) is 7.50. The molecule has 0 unspecified atom stereocenters. The van der Waals surface area contributed by atoms with Crippen LogP contribution in [0.2, 0.25) is 5.02 Å². The summed E-state index contributed by atoms with van der Waals surface area (Å²) in [7, 11) is -3.92. The van der Waals surface area contributed by atoms with Crippen LogP contribution in [0.5, 0.6) is 0 Å². The highest BCUT2D eigenvalue weighted by Crippen LogP contribution is 2.50. The number of carbonyl (C=O) groups is 1. The van der Waals surface area contributed by atoms with Gasteiger partial charge in [-0.25, -0.2) is 13.0 Å². The zero-order chi connectivity index (χ0) is 17.1. The van der Waals surface area contributed by atoms with Crippen molar-refractivity contribution in [1.82, 2.24) is 14.6 Å². The van der Waals surface area contributed by atoms with Crippen molar-refractivity contribution >= 4 is 38.6 Å². The summed E-state index contributed by atoms with van der Waals surface area (Å²) in [6.45, 7) is 0.175. The number of fused-ring (bicyclic) bond motifs is 2. The number of benzene rings is 1. The molecule has 2 fully saturated rings. The zero-order valence-electron chi connectivity index (χ0n) is 12.5. The zero-order valence-corrected chi connectivity index (χ0v) is 14.0. The van der Waals surface area contributed by atoms with Crippen LogP contribution in [0, 0.1) is 11.3 Å². The molecular weight excluding hydrogens is 358 g/mol. The van der Waals surface area contributed by atoms with E-state index in [4.69, 9.17) is 11.6 Å². The Labute approximate surface area is 142 Å². The smallest absolute Gasteiger partial charge is 0.311 e. The molecule has 0 amide bonds. The third-order valence-electron chi connectivity index (χ3n) is 5.21. The fourth-order valence-corrected chi connectivity index (χ4v) is 5.80. The molecule has 128 valence electrons. The highest BCUT2D eigenvalue weighted by molar-refractivity contribution is 7.89. The van der Waals surface area contributed by atoms with Crippen molar-refractivity contribution in [3.8, 4) is 0 Å². The standard InChI is InChI=1S/C14H14ClN3O5S/c15-9-3-4-10(12-11(9)16-23-17-12)24(21,22)18-6-8-2-1-5-14(8,7-18)13(19)20/h3-4,8H,1-2,5-7H2,(H,19,20)/t8-,14+/m0/s1. The second kappa shape index (κ2) is 5.14. The maximum atomic E-state index is 13.0. The molecule has 1 saturated carbocycles. The van der Waals surface area contributed by atoms with Crippen LogP contribution in [0.4, 0.5) is 0 Å². The first-order valence-corrected chi connectivity index (χ1v) is 9.32. The number of hydrogen-bond acceptors (Lipinski definition) is 6. The Bertz CT molecular complexity index is 943. The molecule has 1 aromatic heterocycles. The van der Waals surface area contributed by atoms with Crippen molar-refractivity contribution < 1.29 is 22.9 Å². The third-order valence-corrected chi connectivity index (χ3v) is 7.36. The SMILES string of the molecule is O=C(O)[C@@]12CCC[C@H]1CN(S(=O)(=O)c1ccc(Cl)c3nonc13)C2. The number of aromatic nitrogens is 2. The molecule has 2 atom stereocenters. The van der Waals surface area contributed by atoms with E-state index in [1.807, 2.05) is 0 Å². The predicted octanol–water partition coefficient (Wildman–Crippen LogP) is 1.75. The van der Waals surface area contributed by atoms with Gasteiger partial charge in [-0.1, -0.05) is 18.0 Å². The number of aliphatic carboxylic acids is 1. The molecule has 1 aliphatic carbocycles. The third kappa shape index (κ3) is 2.01. The Morgan fingerprint density at radius 3 is 2.83 bits per heavy atom. The summed E-state index contributed by atoms with van der Waals surface area (Å²) in [4.78, 5) is 11.7. The lowest BCUT2D eigenvalue weighted by molar-refractivity contribution is -0.149. The van der Waals surface area contributed by atoms with Crippen molar-refractivity contribution in [2.24, 2.45) is 11.3 Å². The molecule has 10 heteroatoms. The molecule has 2 aliphatic rings. The van der Waals surface area contributed by atoms with Gasteiger partial charge in [-0.15, -0.1) is 0 Å². The van der Waals surface area contributed by atoms with Gasteiger partial charge in [0.15, 0.2) is 11.0 Å². The van der Waals surface area contributed by atoms with Crippen molar-refractivity contribution in [3.05, 3.63) is 17.2 Å². The predicted molar refractivity (Wildman–Crippen MR) is 83.0 cm³/mol. The number of carboxylic acid groups (broad SMARTS) is 1. The molecule has 1 aliphatic heterocycles. The van der Waals surface area contributed by atoms with E-state index in [2.05, 4.69) is 14.9 Å². The topological polar surface area (TPSA) is 114 Å². The van der Waals surface area contributed by atoms with Gasteiger partial charge in [-0.2, -0.15) is 4.31 Å². The number of nitrogens with zero attached hydrogens (tertiary/aromatic N) is 3. The highest BCUT2D eigenvalue weighted by atomic mass is 35.5. The Hall–Kier alpha value is -1.71. The fraction of sp³-hybridized carbons (Fsp3) is 0.500. The minimum absolute atomic E-state index is 0.0231. The van der Waals surface area contributed by atoms with Crippen LogP contribution in [0.25, 0.3) is 11.0 Å². The molecule has 0 spiro atoms. The minimum atomic E-state index is -3.92. The van der Waals surface area contributed by atoms with Crippen LogP contribution >= 0.6 is 11.6 Å². The maximum absolute atomic E-state index is 13.0. The average Bonchev–Trinajstić information content (AvgIpc) is 3.21. The average molecular weight is 372 g/mol. The summed E-state index contributed by atoms with van der Waals surface area (Å²) in [5.74, 6) is -1.09. The van der Waals surface area contributed by atoms with Crippen LogP contribution in [0.15, 0.2) is 21.7 Å².